The number of nitrogens with one attached hydrogen (secondary N) is 1. The van der Waals surface area contributed by atoms with Crippen molar-refractivity contribution in [3.05, 3.63) is 45.6 Å². The van der Waals surface area contributed by atoms with Crippen LogP contribution in [0.1, 0.15) is 31.4 Å². The third-order valence-corrected chi connectivity index (χ3v) is 3.58. The zero-order chi connectivity index (χ0) is 13.0. The van der Waals surface area contributed by atoms with Gasteiger partial charge in [-0.25, -0.2) is 0 Å². The summed E-state index contributed by atoms with van der Waals surface area (Å²) in [4.78, 5) is 0. The van der Waals surface area contributed by atoms with Gasteiger partial charge in [0.25, 0.3) is 0 Å². The minimum atomic E-state index is 0.111. The first-order valence-corrected chi connectivity index (χ1v) is 6.97. The zero-order valence-electron chi connectivity index (χ0n) is 10.4. The van der Waals surface area contributed by atoms with Crippen molar-refractivity contribution in [2.45, 2.75) is 25.8 Å². The fraction of sp³-hybridized carbons (Fsp3) is 0.429. The van der Waals surface area contributed by atoms with Gasteiger partial charge in [0.15, 0.2) is 0 Å². The van der Waals surface area contributed by atoms with Crippen LogP contribution in [0.2, 0.25) is 10.0 Å². The molecular formula is C14H17Cl2NO. The summed E-state index contributed by atoms with van der Waals surface area (Å²) in [6.07, 6.45) is 3.96. The molecule has 0 aromatic heterocycles. The molecule has 2 rings (SSSR count). The van der Waals surface area contributed by atoms with Gasteiger partial charge >= 0.3 is 0 Å². The SMILES string of the molecule is CCNC(C1=COCCC1)c1ccc(Cl)cc1Cl. The lowest BCUT2D eigenvalue weighted by molar-refractivity contribution is 0.219. The molecule has 2 nitrogen and oxygen atoms in total. The molecule has 1 aromatic rings. The Hall–Kier alpha value is -0.700. The first-order valence-electron chi connectivity index (χ1n) is 6.21. The summed E-state index contributed by atoms with van der Waals surface area (Å²) in [7, 11) is 0. The van der Waals surface area contributed by atoms with Crippen LogP contribution in [0, 0.1) is 0 Å². The van der Waals surface area contributed by atoms with E-state index < -0.39 is 0 Å². The maximum atomic E-state index is 6.29. The predicted molar refractivity (Wildman–Crippen MR) is 76.1 cm³/mol. The van der Waals surface area contributed by atoms with E-state index in [0.717, 1.165) is 31.6 Å². The topological polar surface area (TPSA) is 21.3 Å². The third-order valence-electron chi connectivity index (χ3n) is 3.01. The summed E-state index contributed by atoms with van der Waals surface area (Å²) in [5.74, 6) is 0. The van der Waals surface area contributed by atoms with Crippen molar-refractivity contribution >= 4 is 23.2 Å². The highest BCUT2D eigenvalue weighted by molar-refractivity contribution is 6.35. The van der Waals surface area contributed by atoms with Crippen LogP contribution in [0.5, 0.6) is 0 Å². The van der Waals surface area contributed by atoms with Crippen molar-refractivity contribution in [3.63, 3.8) is 0 Å². The normalized spacial score (nSPS) is 16.9. The van der Waals surface area contributed by atoms with Crippen molar-refractivity contribution in [1.82, 2.24) is 5.32 Å². The van der Waals surface area contributed by atoms with Crippen molar-refractivity contribution < 1.29 is 4.74 Å². The molecule has 0 spiro atoms. The molecule has 1 aromatic carbocycles. The van der Waals surface area contributed by atoms with Crippen molar-refractivity contribution in [2.24, 2.45) is 0 Å². The number of hydrogen-bond donors (Lipinski definition) is 1. The van der Waals surface area contributed by atoms with E-state index in [0.29, 0.717) is 10.0 Å². The van der Waals surface area contributed by atoms with E-state index in [9.17, 15) is 0 Å². The molecule has 0 saturated heterocycles. The Bertz CT molecular complexity index is 445. The third kappa shape index (κ3) is 3.19. The van der Waals surface area contributed by atoms with Gasteiger partial charge in [-0.1, -0.05) is 36.2 Å². The van der Waals surface area contributed by atoms with Gasteiger partial charge in [-0.2, -0.15) is 0 Å². The molecule has 1 N–H and O–H groups in total. The number of ether oxygens (including phenoxy) is 1. The van der Waals surface area contributed by atoms with Gasteiger partial charge in [0.05, 0.1) is 18.9 Å². The van der Waals surface area contributed by atoms with Crippen molar-refractivity contribution in [2.75, 3.05) is 13.2 Å². The van der Waals surface area contributed by atoms with E-state index in [-0.39, 0.29) is 6.04 Å². The molecule has 0 bridgehead atoms. The Labute approximate surface area is 118 Å². The molecule has 1 aliphatic heterocycles. The van der Waals surface area contributed by atoms with E-state index >= 15 is 0 Å². The molecule has 0 saturated carbocycles. The van der Waals surface area contributed by atoms with Crippen LogP contribution in [0.15, 0.2) is 30.0 Å². The van der Waals surface area contributed by atoms with Crippen molar-refractivity contribution in [3.8, 4) is 0 Å². The minimum Gasteiger partial charge on any atom is -0.501 e. The Kier molecular flexibility index (Phi) is 4.93. The summed E-state index contributed by atoms with van der Waals surface area (Å²) in [6, 6.07) is 5.75. The quantitative estimate of drug-likeness (QED) is 0.889. The van der Waals surface area contributed by atoms with Gasteiger partial charge in [-0.3, -0.25) is 0 Å². The Morgan fingerprint density at radius 1 is 1.39 bits per heavy atom. The van der Waals surface area contributed by atoms with Crippen LogP contribution < -0.4 is 5.32 Å². The Morgan fingerprint density at radius 2 is 2.22 bits per heavy atom. The molecule has 1 atom stereocenters. The molecular weight excluding hydrogens is 269 g/mol. The smallest absolute Gasteiger partial charge is 0.0876 e. The molecule has 0 fully saturated rings. The highest BCUT2D eigenvalue weighted by Crippen LogP contribution is 2.33. The second kappa shape index (κ2) is 6.46. The van der Waals surface area contributed by atoms with Gasteiger partial charge in [-0.15, -0.1) is 0 Å². The van der Waals surface area contributed by atoms with Crippen LogP contribution in [0.4, 0.5) is 0 Å². The van der Waals surface area contributed by atoms with E-state index in [1.807, 2.05) is 18.4 Å². The van der Waals surface area contributed by atoms with Gasteiger partial charge < -0.3 is 10.1 Å². The molecule has 4 heteroatoms. The highest BCUT2D eigenvalue weighted by atomic mass is 35.5. The van der Waals surface area contributed by atoms with Crippen LogP contribution in [0.3, 0.4) is 0 Å². The lowest BCUT2D eigenvalue weighted by atomic mass is 9.95. The van der Waals surface area contributed by atoms with Gasteiger partial charge in [0, 0.05) is 10.0 Å². The molecule has 1 unspecified atom stereocenters. The fourth-order valence-corrected chi connectivity index (χ4v) is 2.70. The minimum absolute atomic E-state index is 0.111. The monoisotopic (exact) mass is 285 g/mol. The van der Waals surface area contributed by atoms with Crippen LogP contribution in [-0.2, 0) is 4.74 Å². The number of likely N-dealkylation sites (N-methyl/N-ethyl adjacent to an activating group) is 1. The summed E-state index contributed by atoms with van der Waals surface area (Å²) >= 11 is 12.2. The Morgan fingerprint density at radius 3 is 2.83 bits per heavy atom. The maximum absolute atomic E-state index is 6.29. The van der Waals surface area contributed by atoms with Crippen LogP contribution >= 0.6 is 23.2 Å². The van der Waals surface area contributed by atoms with Gasteiger partial charge in [-0.05, 0) is 42.7 Å². The standard InChI is InChI=1S/C14H17Cl2NO/c1-2-17-14(10-4-3-7-18-9-10)12-6-5-11(15)8-13(12)16/h5-6,8-9,14,17H,2-4,7H2,1H3. The largest absolute Gasteiger partial charge is 0.501 e. The second-order valence-corrected chi connectivity index (χ2v) is 5.17. The van der Waals surface area contributed by atoms with Crippen LogP contribution in [0.25, 0.3) is 0 Å². The second-order valence-electron chi connectivity index (χ2n) is 4.32. The number of benzene rings is 1. The molecule has 18 heavy (non-hydrogen) atoms. The number of halogens is 2. The fourth-order valence-electron chi connectivity index (χ4n) is 2.18. The number of rotatable bonds is 4. The van der Waals surface area contributed by atoms with Crippen LogP contribution in [-0.4, -0.2) is 13.2 Å². The van der Waals surface area contributed by atoms with E-state index in [1.54, 1.807) is 6.07 Å². The maximum Gasteiger partial charge on any atom is 0.0876 e. The van der Waals surface area contributed by atoms with E-state index in [1.165, 1.54) is 5.57 Å². The molecule has 98 valence electrons. The van der Waals surface area contributed by atoms with E-state index in [4.69, 9.17) is 27.9 Å². The molecule has 1 aliphatic rings. The summed E-state index contributed by atoms with van der Waals surface area (Å²) < 4.78 is 5.42. The summed E-state index contributed by atoms with van der Waals surface area (Å²) in [6.45, 7) is 3.76. The van der Waals surface area contributed by atoms with Crippen molar-refractivity contribution in [1.29, 1.82) is 0 Å². The van der Waals surface area contributed by atoms with E-state index in [2.05, 4.69) is 12.2 Å². The lowest BCUT2D eigenvalue weighted by Crippen LogP contribution is -2.24. The molecule has 0 aliphatic carbocycles. The molecule has 1 heterocycles. The van der Waals surface area contributed by atoms with Gasteiger partial charge in [0.1, 0.15) is 0 Å². The lowest BCUT2D eigenvalue weighted by Gasteiger charge is -2.25. The first-order chi connectivity index (χ1) is 8.72. The molecule has 0 amide bonds. The summed E-state index contributed by atoms with van der Waals surface area (Å²) in [5, 5.41) is 4.81. The molecule has 0 radical (unpaired) electrons. The Balaban J connectivity index is 2.31. The average Bonchev–Trinajstić information content (AvgIpc) is 2.38. The first kappa shape index (κ1) is 13.7. The predicted octanol–water partition coefficient (Wildman–Crippen LogP) is 4.34. The highest BCUT2D eigenvalue weighted by Gasteiger charge is 2.20. The zero-order valence-corrected chi connectivity index (χ0v) is 11.9. The number of hydrogen-bond acceptors (Lipinski definition) is 2. The van der Waals surface area contributed by atoms with Gasteiger partial charge in [0.2, 0.25) is 0 Å². The average molecular weight is 286 g/mol. The summed E-state index contributed by atoms with van der Waals surface area (Å²) in [5.41, 5.74) is 2.30.